The quantitative estimate of drug-likeness (QED) is 0.160. The Kier molecular flexibility index (Phi) is 10.4. The summed E-state index contributed by atoms with van der Waals surface area (Å²) in [7, 11) is 0. The van der Waals surface area contributed by atoms with Gasteiger partial charge in [-0.05, 0) is 126 Å². The van der Waals surface area contributed by atoms with E-state index in [1.807, 2.05) is 24.3 Å². The van der Waals surface area contributed by atoms with Gasteiger partial charge in [0.05, 0.1) is 44.1 Å². The second-order valence-corrected chi connectivity index (χ2v) is 18.6. The van der Waals surface area contributed by atoms with E-state index >= 15 is 0 Å². The molecule has 11 aromatic carbocycles. The Bertz CT molecular complexity index is 4510. The van der Waals surface area contributed by atoms with Crippen molar-refractivity contribution in [2.75, 3.05) is 0 Å². The van der Waals surface area contributed by atoms with Crippen LogP contribution in [0.2, 0.25) is 0 Å². The molecule has 0 spiro atoms. The van der Waals surface area contributed by atoms with E-state index in [1.54, 1.807) is 0 Å². The summed E-state index contributed by atoms with van der Waals surface area (Å²) in [4.78, 5) is 10.1. The van der Waals surface area contributed by atoms with Crippen molar-refractivity contribution in [3.05, 3.63) is 279 Å². The number of para-hydroxylation sites is 10. The molecule has 4 aromatic heterocycles. The van der Waals surface area contributed by atoms with Gasteiger partial charge in [-0.25, -0.2) is 9.97 Å². The third kappa shape index (κ3) is 7.27. The van der Waals surface area contributed by atoms with Crippen LogP contribution in [-0.4, -0.2) is 28.2 Å². The Labute approximate surface area is 427 Å². The third-order valence-corrected chi connectivity index (χ3v) is 14.3. The lowest BCUT2D eigenvalue weighted by molar-refractivity contribution is 1.10. The van der Waals surface area contributed by atoms with Gasteiger partial charge in [0.1, 0.15) is 11.6 Å². The lowest BCUT2D eigenvalue weighted by Gasteiger charge is -2.10. The summed E-state index contributed by atoms with van der Waals surface area (Å²) in [5.41, 5.74) is 18.2. The van der Waals surface area contributed by atoms with Crippen LogP contribution in [-0.2, 0) is 0 Å². The maximum absolute atomic E-state index is 5.07. The van der Waals surface area contributed by atoms with Crippen LogP contribution >= 0.6 is 0 Å². The first kappa shape index (κ1) is 42.8. The SMILES string of the molecule is c1ccc(-n2c(-c3ccc(-c4ccc5c(c4)c4ccccc4n5-c4ccccc4)cc3)nc3ccccc32)cc1.c1ccc(-n2c(-c3ccc4c(c3)c3ccccc3n4-c3ccccc3)nc3ccccc32)cc1. The van der Waals surface area contributed by atoms with Crippen molar-refractivity contribution in [1.82, 2.24) is 28.2 Å². The molecular formula is C68H46N6. The zero-order valence-electron chi connectivity index (χ0n) is 40.2. The largest absolute Gasteiger partial charge is 0.309 e. The van der Waals surface area contributed by atoms with Crippen molar-refractivity contribution in [2.24, 2.45) is 0 Å². The first-order valence-corrected chi connectivity index (χ1v) is 25.1. The number of hydrogen-bond donors (Lipinski definition) is 0. The number of imidazole rings is 2. The third-order valence-electron chi connectivity index (χ3n) is 14.3. The van der Waals surface area contributed by atoms with Gasteiger partial charge in [-0.3, -0.25) is 9.13 Å². The highest BCUT2D eigenvalue weighted by molar-refractivity contribution is 6.11. The number of aromatic nitrogens is 6. The van der Waals surface area contributed by atoms with Crippen molar-refractivity contribution in [1.29, 1.82) is 0 Å². The second-order valence-electron chi connectivity index (χ2n) is 18.6. The Hall–Kier alpha value is -10.0. The molecule has 0 saturated heterocycles. The van der Waals surface area contributed by atoms with Crippen molar-refractivity contribution in [3.63, 3.8) is 0 Å². The predicted octanol–water partition coefficient (Wildman–Crippen LogP) is 17.2. The first-order chi connectivity index (χ1) is 36.7. The fourth-order valence-electron chi connectivity index (χ4n) is 10.9. The van der Waals surface area contributed by atoms with Gasteiger partial charge in [0, 0.05) is 55.4 Å². The highest BCUT2D eigenvalue weighted by Crippen LogP contribution is 2.38. The van der Waals surface area contributed by atoms with Crippen molar-refractivity contribution in [2.45, 2.75) is 0 Å². The van der Waals surface area contributed by atoms with Crippen LogP contribution in [0.3, 0.4) is 0 Å². The topological polar surface area (TPSA) is 45.5 Å². The number of nitrogens with zero attached hydrogens (tertiary/aromatic N) is 6. The molecule has 0 radical (unpaired) electrons. The molecular weight excluding hydrogens is 901 g/mol. The molecule has 6 heteroatoms. The number of benzene rings is 11. The molecule has 0 unspecified atom stereocenters. The summed E-state index contributed by atoms with van der Waals surface area (Å²) < 4.78 is 9.20. The minimum absolute atomic E-state index is 0.945. The monoisotopic (exact) mass is 946 g/mol. The van der Waals surface area contributed by atoms with Crippen LogP contribution in [0.1, 0.15) is 0 Å². The first-order valence-electron chi connectivity index (χ1n) is 25.1. The lowest BCUT2D eigenvalue weighted by Crippen LogP contribution is -1.97. The van der Waals surface area contributed by atoms with Crippen LogP contribution in [0.15, 0.2) is 279 Å². The van der Waals surface area contributed by atoms with E-state index in [0.29, 0.717) is 0 Å². The molecule has 0 fully saturated rings. The molecule has 15 rings (SSSR count). The number of hydrogen-bond acceptors (Lipinski definition) is 2. The van der Waals surface area contributed by atoms with Gasteiger partial charge >= 0.3 is 0 Å². The molecule has 0 N–H and O–H groups in total. The summed E-state index contributed by atoms with van der Waals surface area (Å²) in [5.74, 6) is 1.89. The maximum atomic E-state index is 5.07. The van der Waals surface area contributed by atoms with Gasteiger partial charge in [-0.1, -0.05) is 164 Å². The Morgan fingerprint density at radius 2 is 0.514 bits per heavy atom. The molecule has 0 aliphatic carbocycles. The van der Waals surface area contributed by atoms with Crippen LogP contribution in [0.25, 0.3) is 122 Å². The molecule has 0 aliphatic rings. The lowest BCUT2D eigenvalue weighted by atomic mass is 10.0. The Morgan fingerprint density at radius 1 is 0.203 bits per heavy atom. The van der Waals surface area contributed by atoms with E-state index in [0.717, 1.165) is 61.9 Å². The molecule has 74 heavy (non-hydrogen) atoms. The molecule has 0 atom stereocenters. The van der Waals surface area contributed by atoms with E-state index in [-0.39, 0.29) is 0 Å². The molecule has 0 aliphatic heterocycles. The number of rotatable bonds is 7. The summed E-state index contributed by atoms with van der Waals surface area (Å²) in [6, 6.07) is 98.3. The minimum atomic E-state index is 0.945. The smallest absolute Gasteiger partial charge is 0.145 e. The van der Waals surface area contributed by atoms with Crippen LogP contribution in [0.4, 0.5) is 0 Å². The summed E-state index contributed by atoms with van der Waals surface area (Å²) >= 11 is 0. The van der Waals surface area contributed by atoms with Gasteiger partial charge < -0.3 is 9.13 Å². The van der Waals surface area contributed by atoms with E-state index in [9.17, 15) is 0 Å². The Morgan fingerprint density at radius 3 is 0.973 bits per heavy atom. The van der Waals surface area contributed by atoms with Crippen LogP contribution < -0.4 is 0 Å². The fraction of sp³-hybridized carbons (Fsp3) is 0. The molecule has 348 valence electrons. The summed E-state index contributed by atoms with van der Waals surface area (Å²) in [6.07, 6.45) is 0. The molecule has 6 nitrogen and oxygen atoms in total. The molecule has 0 saturated carbocycles. The molecule has 15 aromatic rings. The molecule has 0 amide bonds. The zero-order chi connectivity index (χ0) is 49.0. The fourth-order valence-corrected chi connectivity index (χ4v) is 10.9. The summed E-state index contributed by atoms with van der Waals surface area (Å²) in [5, 5.41) is 4.98. The maximum Gasteiger partial charge on any atom is 0.145 e. The highest BCUT2D eigenvalue weighted by Gasteiger charge is 2.19. The van der Waals surface area contributed by atoms with Crippen molar-refractivity contribution < 1.29 is 0 Å². The van der Waals surface area contributed by atoms with Crippen LogP contribution in [0.5, 0.6) is 0 Å². The second kappa shape index (κ2) is 18.0. The van der Waals surface area contributed by atoms with E-state index in [4.69, 9.17) is 9.97 Å². The summed E-state index contributed by atoms with van der Waals surface area (Å²) in [6.45, 7) is 0. The van der Waals surface area contributed by atoms with Gasteiger partial charge in [0.25, 0.3) is 0 Å². The van der Waals surface area contributed by atoms with Gasteiger partial charge in [-0.2, -0.15) is 0 Å². The average Bonchev–Trinajstić information content (AvgIpc) is 4.26. The normalized spacial score (nSPS) is 11.5. The van der Waals surface area contributed by atoms with Crippen LogP contribution in [0, 0.1) is 0 Å². The van der Waals surface area contributed by atoms with Gasteiger partial charge in [-0.15, -0.1) is 0 Å². The minimum Gasteiger partial charge on any atom is -0.309 e. The van der Waals surface area contributed by atoms with E-state index in [2.05, 4.69) is 273 Å². The van der Waals surface area contributed by atoms with Crippen molar-refractivity contribution >= 4 is 65.7 Å². The standard InChI is InChI=1S/C37H25N3.C31H21N3/c1-3-11-29(12-4-1)39-34-17-9-7-15-31(34)32-25-28(23-24-35(32)39)26-19-21-27(22-20-26)37-38-33-16-8-10-18-36(33)40(37)30-13-5-2-6-14-30;1-3-11-23(12-4-1)33-28-17-9-7-15-25(28)26-21-22(19-20-29(26)33)31-32-27-16-8-10-18-30(27)34(31)24-13-5-2-6-14-24/h1-25H;1-21H. The molecule has 0 bridgehead atoms. The average molecular weight is 947 g/mol. The highest BCUT2D eigenvalue weighted by atomic mass is 15.1. The van der Waals surface area contributed by atoms with E-state index in [1.165, 1.54) is 60.4 Å². The van der Waals surface area contributed by atoms with Gasteiger partial charge in [0.15, 0.2) is 0 Å². The van der Waals surface area contributed by atoms with Crippen molar-refractivity contribution in [3.8, 4) is 56.7 Å². The zero-order valence-corrected chi connectivity index (χ0v) is 40.2. The Balaban J connectivity index is 0.000000138. The molecule has 4 heterocycles. The predicted molar refractivity (Wildman–Crippen MR) is 307 cm³/mol. The van der Waals surface area contributed by atoms with Gasteiger partial charge in [0.2, 0.25) is 0 Å². The number of fused-ring (bicyclic) bond motifs is 8. The van der Waals surface area contributed by atoms with E-state index < -0.39 is 0 Å².